The summed E-state index contributed by atoms with van der Waals surface area (Å²) in [5.41, 5.74) is 1.93. The highest BCUT2D eigenvalue weighted by Crippen LogP contribution is 2.02. The van der Waals surface area contributed by atoms with Crippen molar-refractivity contribution >= 4 is 18.4 Å². The molecule has 0 radical (unpaired) electrons. The maximum atomic E-state index is 10.2. The summed E-state index contributed by atoms with van der Waals surface area (Å²) in [4.78, 5) is 14.3. The Balaban J connectivity index is 0.00000144. The van der Waals surface area contributed by atoms with Gasteiger partial charge in [0.05, 0.1) is 0 Å². The van der Waals surface area contributed by atoms with Crippen molar-refractivity contribution in [1.82, 2.24) is 4.98 Å². The monoisotopic (exact) mass is 201 g/mol. The first-order valence-electron chi connectivity index (χ1n) is 3.82. The van der Waals surface area contributed by atoms with Gasteiger partial charge in [-0.2, -0.15) is 0 Å². The number of hydrogen-bond donors (Lipinski definition) is 1. The van der Waals surface area contributed by atoms with Crippen LogP contribution in [-0.2, 0) is 11.2 Å². The van der Waals surface area contributed by atoms with Crippen LogP contribution < -0.4 is 0 Å². The average molecular weight is 202 g/mol. The molecule has 1 aromatic rings. The minimum absolute atomic E-state index is 0. The molecule has 1 aromatic heterocycles. The molecule has 0 saturated heterocycles. The van der Waals surface area contributed by atoms with Crippen molar-refractivity contribution in [3.63, 3.8) is 0 Å². The lowest BCUT2D eigenvalue weighted by Gasteiger charge is -1.97. The molecule has 0 unspecified atom stereocenters. The third kappa shape index (κ3) is 4.48. The van der Waals surface area contributed by atoms with Crippen LogP contribution in [0.25, 0.3) is 0 Å². The highest BCUT2D eigenvalue weighted by atomic mass is 35.5. The van der Waals surface area contributed by atoms with Gasteiger partial charge in [-0.1, -0.05) is 6.07 Å². The topological polar surface area (TPSA) is 50.2 Å². The molecule has 4 heteroatoms. The first kappa shape index (κ1) is 11.9. The SMILES string of the molecule is Cc1ccc(CCC(=O)O)cn1.Cl. The largest absolute Gasteiger partial charge is 0.481 e. The smallest absolute Gasteiger partial charge is 0.303 e. The van der Waals surface area contributed by atoms with Crippen LogP contribution in [0, 0.1) is 6.92 Å². The van der Waals surface area contributed by atoms with E-state index in [1.165, 1.54) is 0 Å². The molecule has 1 N–H and O–H groups in total. The average Bonchev–Trinajstić information content (AvgIpc) is 2.03. The third-order valence-electron chi connectivity index (χ3n) is 1.60. The predicted molar refractivity (Wildman–Crippen MR) is 52.2 cm³/mol. The van der Waals surface area contributed by atoms with Crippen molar-refractivity contribution in [2.24, 2.45) is 0 Å². The van der Waals surface area contributed by atoms with E-state index in [2.05, 4.69) is 4.98 Å². The molecular formula is C9H12ClNO2. The van der Waals surface area contributed by atoms with E-state index in [1.807, 2.05) is 19.1 Å². The van der Waals surface area contributed by atoms with Crippen molar-refractivity contribution in [2.45, 2.75) is 19.8 Å². The second-order valence-electron chi connectivity index (χ2n) is 2.70. The highest BCUT2D eigenvalue weighted by molar-refractivity contribution is 5.85. The van der Waals surface area contributed by atoms with Gasteiger partial charge in [-0.3, -0.25) is 9.78 Å². The van der Waals surface area contributed by atoms with Crippen LogP contribution in [-0.4, -0.2) is 16.1 Å². The molecule has 0 aromatic carbocycles. The van der Waals surface area contributed by atoms with Gasteiger partial charge >= 0.3 is 5.97 Å². The van der Waals surface area contributed by atoms with Gasteiger partial charge in [-0.05, 0) is 25.0 Å². The third-order valence-corrected chi connectivity index (χ3v) is 1.60. The molecule has 0 aliphatic carbocycles. The number of aromatic nitrogens is 1. The zero-order chi connectivity index (χ0) is 8.97. The zero-order valence-electron chi connectivity index (χ0n) is 7.36. The predicted octanol–water partition coefficient (Wildman–Crippen LogP) is 1.83. The van der Waals surface area contributed by atoms with Gasteiger partial charge in [-0.25, -0.2) is 0 Å². The molecule has 0 atom stereocenters. The van der Waals surface area contributed by atoms with E-state index >= 15 is 0 Å². The van der Waals surface area contributed by atoms with E-state index in [0.29, 0.717) is 6.42 Å². The van der Waals surface area contributed by atoms with Gasteiger partial charge in [0.15, 0.2) is 0 Å². The number of halogens is 1. The normalized spacial score (nSPS) is 9.00. The van der Waals surface area contributed by atoms with E-state index in [1.54, 1.807) is 6.20 Å². The number of carbonyl (C=O) groups is 1. The summed E-state index contributed by atoms with van der Waals surface area (Å²) in [6.45, 7) is 1.90. The Labute approximate surface area is 83.2 Å². The Morgan fingerprint density at radius 3 is 2.69 bits per heavy atom. The Kier molecular flexibility index (Phi) is 5.07. The van der Waals surface area contributed by atoms with Gasteiger partial charge in [0.1, 0.15) is 0 Å². The number of carboxylic acid groups (broad SMARTS) is 1. The summed E-state index contributed by atoms with van der Waals surface area (Å²) in [6, 6.07) is 3.79. The van der Waals surface area contributed by atoms with Crippen LogP contribution >= 0.6 is 12.4 Å². The van der Waals surface area contributed by atoms with Gasteiger partial charge in [0.25, 0.3) is 0 Å². The minimum atomic E-state index is -0.768. The molecule has 72 valence electrons. The highest BCUT2D eigenvalue weighted by Gasteiger charge is 1.98. The number of rotatable bonds is 3. The molecule has 1 rings (SSSR count). The van der Waals surface area contributed by atoms with Crippen LogP contribution in [0.3, 0.4) is 0 Å². The maximum absolute atomic E-state index is 10.2. The van der Waals surface area contributed by atoms with Crippen LogP contribution in [0.1, 0.15) is 17.7 Å². The summed E-state index contributed by atoms with van der Waals surface area (Å²) >= 11 is 0. The summed E-state index contributed by atoms with van der Waals surface area (Å²) in [6.07, 6.45) is 2.45. The summed E-state index contributed by atoms with van der Waals surface area (Å²) in [7, 11) is 0. The number of aliphatic carboxylic acids is 1. The number of pyridine rings is 1. The van der Waals surface area contributed by atoms with Crippen LogP contribution in [0.5, 0.6) is 0 Å². The fourth-order valence-corrected chi connectivity index (χ4v) is 0.898. The van der Waals surface area contributed by atoms with E-state index in [0.717, 1.165) is 11.3 Å². The Morgan fingerprint density at radius 1 is 1.54 bits per heavy atom. The van der Waals surface area contributed by atoms with Crippen LogP contribution in [0.4, 0.5) is 0 Å². The van der Waals surface area contributed by atoms with Crippen LogP contribution in [0.2, 0.25) is 0 Å². The fraction of sp³-hybridized carbons (Fsp3) is 0.333. The quantitative estimate of drug-likeness (QED) is 0.812. The van der Waals surface area contributed by atoms with Gasteiger partial charge in [0.2, 0.25) is 0 Å². The Bertz CT molecular complexity index is 271. The number of nitrogens with zero attached hydrogens (tertiary/aromatic N) is 1. The molecule has 0 saturated carbocycles. The second-order valence-corrected chi connectivity index (χ2v) is 2.70. The molecule has 0 amide bonds. The van der Waals surface area contributed by atoms with Crippen molar-refractivity contribution < 1.29 is 9.90 Å². The standard InChI is InChI=1S/C9H11NO2.ClH/c1-7-2-3-8(6-10-7)4-5-9(11)12;/h2-3,6H,4-5H2,1H3,(H,11,12);1H. The lowest BCUT2D eigenvalue weighted by molar-refractivity contribution is -0.136. The summed E-state index contributed by atoms with van der Waals surface area (Å²) in [5.74, 6) is -0.768. The zero-order valence-corrected chi connectivity index (χ0v) is 8.17. The molecular weight excluding hydrogens is 190 g/mol. The molecule has 0 bridgehead atoms. The van der Waals surface area contributed by atoms with Gasteiger partial charge in [-0.15, -0.1) is 12.4 Å². The first-order valence-corrected chi connectivity index (χ1v) is 3.82. The van der Waals surface area contributed by atoms with Gasteiger partial charge in [0, 0.05) is 18.3 Å². The minimum Gasteiger partial charge on any atom is -0.481 e. The lowest BCUT2D eigenvalue weighted by Crippen LogP contribution is -1.97. The lowest BCUT2D eigenvalue weighted by atomic mass is 10.1. The number of hydrogen-bond acceptors (Lipinski definition) is 2. The number of carboxylic acids is 1. The molecule has 0 aliphatic rings. The van der Waals surface area contributed by atoms with E-state index in [4.69, 9.17) is 5.11 Å². The van der Waals surface area contributed by atoms with Crippen molar-refractivity contribution in [3.05, 3.63) is 29.6 Å². The molecule has 0 fully saturated rings. The molecule has 1 heterocycles. The van der Waals surface area contributed by atoms with Crippen molar-refractivity contribution in [1.29, 1.82) is 0 Å². The van der Waals surface area contributed by atoms with Gasteiger partial charge < -0.3 is 5.11 Å². The van der Waals surface area contributed by atoms with Crippen molar-refractivity contribution in [3.8, 4) is 0 Å². The van der Waals surface area contributed by atoms with Crippen LogP contribution in [0.15, 0.2) is 18.3 Å². The molecule has 3 nitrogen and oxygen atoms in total. The second kappa shape index (κ2) is 5.54. The molecule has 0 spiro atoms. The van der Waals surface area contributed by atoms with Crippen molar-refractivity contribution in [2.75, 3.05) is 0 Å². The Hall–Kier alpha value is -1.09. The van der Waals surface area contributed by atoms with E-state index < -0.39 is 5.97 Å². The summed E-state index contributed by atoms with van der Waals surface area (Å²) in [5, 5.41) is 8.41. The molecule has 13 heavy (non-hydrogen) atoms. The maximum Gasteiger partial charge on any atom is 0.303 e. The fourth-order valence-electron chi connectivity index (χ4n) is 0.898. The number of aryl methyl sites for hydroxylation is 2. The summed E-state index contributed by atoms with van der Waals surface area (Å²) < 4.78 is 0. The Morgan fingerprint density at radius 2 is 2.23 bits per heavy atom. The van der Waals surface area contributed by atoms with E-state index in [9.17, 15) is 4.79 Å². The first-order chi connectivity index (χ1) is 5.68. The molecule has 0 aliphatic heterocycles. The van der Waals surface area contributed by atoms with E-state index in [-0.39, 0.29) is 18.8 Å².